The van der Waals surface area contributed by atoms with Crippen LogP contribution in [0.4, 0.5) is 5.69 Å². The summed E-state index contributed by atoms with van der Waals surface area (Å²) in [4.78, 5) is 21.8. The van der Waals surface area contributed by atoms with E-state index in [1.807, 2.05) is 6.92 Å². The Morgan fingerprint density at radius 1 is 1.48 bits per heavy atom. The third-order valence-corrected chi connectivity index (χ3v) is 2.84. The third-order valence-electron chi connectivity index (χ3n) is 2.84. The van der Waals surface area contributed by atoms with E-state index >= 15 is 0 Å². The number of aryl methyl sites for hydroxylation is 1. The van der Waals surface area contributed by atoms with Gasteiger partial charge in [-0.15, -0.1) is 0 Å². The van der Waals surface area contributed by atoms with Crippen LogP contribution in [-0.2, 0) is 6.54 Å². The maximum absolute atomic E-state index is 11.6. The summed E-state index contributed by atoms with van der Waals surface area (Å²) in [5, 5.41) is 14.9. The van der Waals surface area contributed by atoms with Gasteiger partial charge in [-0.3, -0.25) is 19.6 Å². The molecule has 0 aliphatic rings. The van der Waals surface area contributed by atoms with Crippen LogP contribution in [0.15, 0.2) is 30.6 Å². The predicted octanol–water partition coefficient (Wildman–Crippen LogP) is 3.20. The molecule has 7 nitrogen and oxygen atoms in total. The lowest BCUT2D eigenvalue weighted by molar-refractivity contribution is -0.384. The Balaban J connectivity index is 2.29. The van der Waals surface area contributed by atoms with E-state index < -0.39 is 4.92 Å². The molecule has 2 rings (SSSR count). The van der Waals surface area contributed by atoms with Crippen LogP contribution in [-0.4, -0.2) is 20.5 Å². The van der Waals surface area contributed by atoms with Gasteiger partial charge in [0.2, 0.25) is 0 Å². The molecule has 0 radical (unpaired) electrons. The van der Waals surface area contributed by atoms with Crippen LogP contribution in [0.5, 0.6) is 11.5 Å². The highest BCUT2D eigenvalue weighted by Crippen LogP contribution is 2.28. The molecule has 21 heavy (non-hydrogen) atoms. The minimum absolute atomic E-state index is 0.144. The number of ether oxygens (including phenoxy) is 1. The number of carbonyl (C=O) groups is 1. The van der Waals surface area contributed by atoms with Crippen LogP contribution in [0.25, 0.3) is 0 Å². The van der Waals surface area contributed by atoms with Crippen molar-refractivity contribution in [3.63, 3.8) is 0 Å². The molecule has 0 saturated carbocycles. The van der Waals surface area contributed by atoms with Crippen LogP contribution in [0.1, 0.15) is 30.6 Å². The summed E-state index contributed by atoms with van der Waals surface area (Å²) in [5.74, 6) is 0.471. The molecule has 0 aliphatic carbocycles. The molecule has 7 heteroatoms. The standard InChI is InChI=1S/C14H15N3O4/c1-3-6-16-9-12(8-15-16)21-14-5-4-11(17(19)20)7-13(14)10(2)18/h4-5,7-9H,3,6H2,1-2H3. The van der Waals surface area contributed by atoms with Gasteiger partial charge in [0.05, 0.1) is 22.9 Å². The fourth-order valence-electron chi connectivity index (χ4n) is 1.87. The second-order valence-corrected chi connectivity index (χ2v) is 4.53. The maximum atomic E-state index is 11.6. The van der Waals surface area contributed by atoms with E-state index in [1.54, 1.807) is 17.1 Å². The second-order valence-electron chi connectivity index (χ2n) is 4.53. The molecule has 0 fully saturated rings. The van der Waals surface area contributed by atoms with Crippen LogP contribution in [0.2, 0.25) is 0 Å². The Hall–Kier alpha value is -2.70. The van der Waals surface area contributed by atoms with Crippen molar-refractivity contribution in [2.75, 3.05) is 0 Å². The molecule has 1 aromatic carbocycles. The Labute approximate surface area is 121 Å². The molecule has 0 spiro atoms. The molecule has 0 unspecified atom stereocenters. The molecule has 1 aromatic heterocycles. The fraction of sp³-hybridized carbons (Fsp3) is 0.286. The Morgan fingerprint density at radius 2 is 2.24 bits per heavy atom. The molecule has 0 N–H and O–H groups in total. The number of nitro benzene ring substituents is 1. The van der Waals surface area contributed by atoms with Gasteiger partial charge in [0.25, 0.3) is 5.69 Å². The van der Waals surface area contributed by atoms with Crippen molar-refractivity contribution in [2.24, 2.45) is 0 Å². The van der Waals surface area contributed by atoms with Crippen molar-refractivity contribution in [2.45, 2.75) is 26.8 Å². The maximum Gasteiger partial charge on any atom is 0.270 e. The monoisotopic (exact) mass is 289 g/mol. The Bertz CT molecular complexity index is 679. The number of ketones is 1. The van der Waals surface area contributed by atoms with Gasteiger partial charge in [-0.05, 0) is 19.4 Å². The van der Waals surface area contributed by atoms with Gasteiger partial charge in [0, 0.05) is 18.7 Å². The van der Waals surface area contributed by atoms with E-state index in [0.717, 1.165) is 13.0 Å². The molecule has 1 heterocycles. The van der Waals surface area contributed by atoms with Crippen molar-refractivity contribution >= 4 is 11.5 Å². The highest BCUT2D eigenvalue weighted by atomic mass is 16.6. The van der Waals surface area contributed by atoms with Crippen LogP contribution in [0, 0.1) is 10.1 Å². The lowest BCUT2D eigenvalue weighted by atomic mass is 10.1. The highest BCUT2D eigenvalue weighted by Gasteiger charge is 2.16. The molecular formula is C14H15N3O4. The van der Waals surface area contributed by atoms with Gasteiger partial charge in [0.15, 0.2) is 11.5 Å². The van der Waals surface area contributed by atoms with E-state index in [9.17, 15) is 14.9 Å². The number of Topliss-reactive ketones (excluding diaryl/α,β-unsaturated/α-hetero) is 1. The summed E-state index contributed by atoms with van der Waals surface area (Å²) in [5.41, 5.74) is 0.0293. The number of non-ortho nitro benzene ring substituents is 1. The molecule has 110 valence electrons. The molecule has 0 bridgehead atoms. The third kappa shape index (κ3) is 3.44. The van der Waals surface area contributed by atoms with Gasteiger partial charge < -0.3 is 4.74 Å². The Morgan fingerprint density at radius 3 is 2.86 bits per heavy atom. The summed E-state index contributed by atoms with van der Waals surface area (Å²) >= 11 is 0. The molecular weight excluding hydrogens is 274 g/mol. The molecule has 0 aliphatic heterocycles. The van der Waals surface area contributed by atoms with E-state index in [-0.39, 0.29) is 22.8 Å². The van der Waals surface area contributed by atoms with Crippen LogP contribution in [0.3, 0.4) is 0 Å². The van der Waals surface area contributed by atoms with Crippen LogP contribution >= 0.6 is 0 Å². The average molecular weight is 289 g/mol. The number of benzene rings is 1. The first-order valence-electron chi connectivity index (χ1n) is 6.51. The molecule has 2 aromatic rings. The van der Waals surface area contributed by atoms with E-state index in [4.69, 9.17) is 4.74 Å². The van der Waals surface area contributed by atoms with Crippen molar-refractivity contribution in [3.8, 4) is 11.5 Å². The number of rotatable bonds is 6. The van der Waals surface area contributed by atoms with Crippen molar-refractivity contribution < 1.29 is 14.5 Å². The van der Waals surface area contributed by atoms with Crippen LogP contribution < -0.4 is 4.74 Å². The summed E-state index contributed by atoms with van der Waals surface area (Å²) < 4.78 is 7.34. The van der Waals surface area contributed by atoms with Gasteiger partial charge in [0.1, 0.15) is 5.75 Å². The lowest BCUT2D eigenvalue weighted by Gasteiger charge is -2.07. The minimum atomic E-state index is -0.546. The highest BCUT2D eigenvalue weighted by molar-refractivity contribution is 5.97. The van der Waals surface area contributed by atoms with E-state index in [2.05, 4.69) is 5.10 Å². The van der Waals surface area contributed by atoms with Crippen molar-refractivity contribution in [3.05, 3.63) is 46.3 Å². The second kappa shape index (κ2) is 6.17. The normalized spacial score (nSPS) is 10.4. The number of nitro groups is 1. The zero-order valence-corrected chi connectivity index (χ0v) is 11.8. The molecule has 0 saturated heterocycles. The number of nitrogens with zero attached hydrogens (tertiary/aromatic N) is 3. The minimum Gasteiger partial charge on any atom is -0.453 e. The predicted molar refractivity (Wildman–Crippen MR) is 75.7 cm³/mol. The largest absolute Gasteiger partial charge is 0.453 e. The summed E-state index contributed by atoms with van der Waals surface area (Å²) in [7, 11) is 0. The fourth-order valence-corrected chi connectivity index (χ4v) is 1.87. The summed E-state index contributed by atoms with van der Waals surface area (Å²) in [6.07, 6.45) is 4.20. The SMILES string of the molecule is CCCn1cc(Oc2ccc([N+](=O)[O-])cc2C(C)=O)cn1. The molecule has 0 atom stereocenters. The lowest BCUT2D eigenvalue weighted by Crippen LogP contribution is -1.99. The van der Waals surface area contributed by atoms with Crippen molar-refractivity contribution in [1.29, 1.82) is 0 Å². The smallest absolute Gasteiger partial charge is 0.270 e. The zero-order valence-electron chi connectivity index (χ0n) is 11.8. The van der Waals surface area contributed by atoms with Gasteiger partial charge in [-0.1, -0.05) is 6.92 Å². The van der Waals surface area contributed by atoms with Crippen molar-refractivity contribution in [1.82, 2.24) is 9.78 Å². The summed E-state index contributed by atoms with van der Waals surface area (Å²) in [6.45, 7) is 4.14. The summed E-state index contributed by atoms with van der Waals surface area (Å²) in [6, 6.07) is 3.94. The van der Waals surface area contributed by atoms with Gasteiger partial charge in [-0.2, -0.15) is 5.10 Å². The number of hydrogen-bond acceptors (Lipinski definition) is 5. The number of hydrogen-bond donors (Lipinski definition) is 0. The first-order valence-corrected chi connectivity index (χ1v) is 6.51. The first kappa shape index (κ1) is 14.7. The average Bonchev–Trinajstić information content (AvgIpc) is 2.86. The van der Waals surface area contributed by atoms with Gasteiger partial charge >= 0.3 is 0 Å². The number of aromatic nitrogens is 2. The topological polar surface area (TPSA) is 87.3 Å². The van der Waals surface area contributed by atoms with E-state index in [1.165, 1.54) is 25.1 Å². The van der Waals surface area contributed by atoms with Gasteiger partial charge in [-0.25, -0.2) is 0 Å². The first-order chi connectivity index (χ1) is 10.0. The molecule has 0 amide bonds. The Kier molecular flexibility index (Phi) is 4.32. The number of carbonyl (C=O) groups excluding carboxylic acids is 1. The zero-order chi connectivity index (χ0) is 15.4. The quantitative estimate of drug-likeness (QED) is 0.463. The van der Waals surface area contributed by atoms with E-state index in [0.29, 0.717) is 5.75 Å².